The molecule has 0 fully saturated rings. The van der Waals surface area contributed by atoms with Crippen LogP contribution >= 0.6 is 0 Å². The van der Waals surface area contributed by atoms with Crippen molar-refractivity contribution in [3.63, 3.8) is 0 Å². The van der Waals surface area contributed by atoms with E-state index in [0.29, 0.717) is 0 Å². The summed E-state index contributed by atoms with van der Waals surface area (Å²) < 4.78 is 5.05. The van der Waals surface area contributed by atoms with E-state index in [4.69, 9.17) is 16.3 Å². The molecule has 0 aromatic heterocycles. The van der Waals surface area contributed by atoms with Crippen LogP contribution in [0.1, 0.15) is 24.9 Å². The molecular formula is C15H18N2O4. The van der Waals surface area contributed by atoms with Gasteiger partial charge in [-0.1, -0.05) is 12.1 Å². The molecule has 6 nitrogen and oxygen atoms in total. The first kappa shape index (κ1) is 16.4. The average Bonchev–Trinajstić information content (AvgIpc) is 2.46. The Labute approximate surface area is 123 Å². The molecule has 0 aliphatic heterocycles. The number of rotatable bonds is 6. The smallest absolute Gasteiger partial charge is 0.327 e. The quantitative estimate of drug-likeness (QED) is 0.693. The molecule has 2 unspecified atom stereocenters. The molecule has 1 aromatic rings. The lowest BCUT2D eigenvalue weighted by molar-refractivity contribution is -0.139. The van der Waals surface area contributed by atoms with E-state index >= 15 is 0 Å². The van der Waals surface area contributed by atoms with Gasteiger partial charge >= 0.3 is 12.0 Å². The Morgan fingerprint density at radius 2 is 1.95 bits per heavy atom. The molecule has 0 saturated heterocycles. The third-order valence-corrected chi connectivity index (χ3v) is 2.89. The van der Waals surface area contributed by atoms with Gasteiger partial charge in [0.05, 0.1) is 13.2 Å². The van der Waals surface area contributed by atoms with E-state index in [-0.39, 0.29) is 12.5 Å². The zero-order valence-electron chi connectivity index (χ0n) is 11.9. The lowest BCUT2D eigenvalue weighted by Gasteiger charge is -2.17. The van der Waals surface area contributed by atoms with Crippen molar-refractivity contribution >= 4 is 12.0 Å². The van der Waals surface area contributed by atoms with Gasteiger partial charge in [0, 0.05) is 6.42 Å². The van der Waals surface area contributed by atoms with Gasteiger partial charge in [-0.2, -0.15) is 0 Å². The van der Waals surface area contributed by atoms with Gasteiger partial charge in [-0.05, 0) is 24.6 Å². The number of carbonyl (C=O) groups is 2. The van der Waals surface area contributed by atoms with E-state index < -0.39 is 18.0 Å². The molecule has 0 spiro atoms. The predicted octanol–water partition coefficient (Wildman–Crippen LogP) is 1.53. The van der Waals surface area contributed by atoms with E-state index in [2.05, 4.69) is 16.6 Å². The summed E-state index contributed by atoms with van der Waals surface area (Å²) in [6.45, 7) is 1.79. The van der Waals surface area contributed by atoms with Crippen LogP contribution in [0.2, 0.25) is 0 Å². The number of carboxylic acid groups (broad SMARTS) is 1. The molecule has 2 amide bonds. The van der Waals surface area contributed by atoms with Crippen LogP contribution < -0.4 is 15.4 Å². The predicted molar refractivity (Wildman–Crippen MR) is 78.0 cm³/mol. The lowest BCUT2D eigenvalue weighted by Crippen LogP contribution is -2.46. The fourth-order valence-corrected chi connectivity index (χ4v) is 1.69. The largest absolute Gasteiger partial charge is 0.497 e. The zero-order chi connectivity index (χ0) is 15.8. The van der Waals surface area contributed by atoms with Crippen molar-refractivity contribution in [1.82, 2.24) is 10.6 Å². The second-order valence-corrected chi connectivity index (χ2v) is 4.41. The molecule has 6 heteroatoms. The number of hydrogen-bond acceptors (Lipinski definition) is 3. The molecule has 21 heavy (non-hydrogen) atoms. The van der Waals surface area contributed by atoms with Gasteiger partial charge in [0.2, 0.25) is 0 Å². The van der Waals surface area contributed by atoms with Gasteiger partial charge in [0.1, 0.15) is 11.8 Å². The number of ether oxygens (including phenoxy) is 1. The maximum Gasteiger partial charge on any atom is 0.327 e. The van der Waals surface area contributed by atoms with Crippen LogP contribution in [-0.2, 0) is 4.79 Å². The third kappa shape index (κ3) is 5.07. The van der Waals surface area contributed by atoms with Crippen LogP contribution in [0.5, 0.6) is 5.75 Å². The molecule has 1 rings (SSSR count). The van der Waals surface area contributed by atoms with Crippen LogP contribution in [0.4, 0.5) is 4.79 Å². The van der Waals surface area contributed by atoms with E-state index in [1.54, 1.807) is 26.2 Å². The van der Waals surface area contributed by atoms with Crippen LogP contribution in [0.15, 0.2) is 24.3 Å². The molecule has 3 N–H and O–H groups in total. The first-order valence-corrected chi connectivity index (χ1v) is 6.35. The van der Waals surface area contributed by atoms with Crippen molar-refractivity contribution in [2.75, 3.05) is 7.11 Å². The summed E-state index contributed by atoms with van der Waals surface area (Å²) in [5.74, 6) is 1.77. The molecule has 112 valence electrons. The highest BCUT2D eigenvalue weighted by Crippen LogP contribution is 2.17. The van der Waals surface area contributed by atoms with Gasteiger partial charge in [-0.3, -0.25) is 0 Å². The van der Waals surface area contributed by atoms with E-state index in [9.17, 15) is 9.59 Å². The molecule has 0 radical (unpaired) electrons. The molecular weight excluding hydrogens is 272 g/mol. The Hall–Kier alpha value is -2.68. The number of carbonyl (C=O) groups excluding carboxylic acids is 1. The number of amides is 2. The Morgan fingerprint density at radius 1 is 1.33 bits per heavy atom. The Bertz CT molecular complexity index is 534. The fraction of sp³-hybridized carbons (Fsp3) is 0.333. The molecule has 0 saturated carbocycles. The first-order valence-electron chi connectivity index (χ1n) is 6.35. The number of aliphatic carboxylic acids is 1. The van der Waals surface area contributed by atoms with Gasteiger partial charge in [0.15, 0.2) is 0 Å². The minimum atomic E-state index is -1.17. The summed E-state index contributed by atoms with van der Waals surface area (Å²) in [7, 11) is 1.57. The molecule has 0 heterocycles. The first-order chi connectivity index (χ1) is 9.97. The van der Waals surface area contributed by atoms with Crippen LogP contribution in [0.3, 0.4) is 0 Å². The minimum Gasteiger partial charge on any atom is -0.497 e. The second-order valence-electron chi connectivity index (χ2n) is 4.41. The maximum absolute atomic E-state index is 11.8. The van der Waals surface area contributed by atoms with E-state index in [0.717, 1.165) is 11.3 Å². The second kappa shape index (κ2) is 7.80. The SMILES string of the molecule is C#CCC(NC(=O)NC(C)c1ccc(OC)cc1)C(=O)O. The molecule has 0 aliphatic rings. The summed E-state index contributed by atoms with van der Waals surface area (Å²) in [6.07, 6.45) is 5.00. The topological polar surface area (TPSA) is 87.7 Å². The molecule has 1 aromatic carbocycles. The van der Waals surface area contributed by atoms with E-state index in [1.165, 1.54) is 0 Å². The number of nitrogens with one attached hydrogen (secondary N) is 2. The van der Waals surface area contributed by atoms with Crippen molar-refractivity contribution in [3.8, 4) is 18.1 Å². The number of benzene rings is 1. The molecule has 0 bridgehead atoms. The molecule has 0 aliphatic carbocycles. The van der Waals surface area contributed by atoms with Gasteiger partial charge in [0.25, 0.3) is 0 Å². The molecule has 2 atom stereocenters. The highest BCUT2D eigenvalue weighted by Gasteiger charge is 2.19. The van der Waals surface area contributed by atoms with Gasteiger partial charge in [-0.15, -0.1) is 12.3 Å². The summed E-state index contributed by atoms with van der Waals surface area (Å²) in [4.78, 5) is 22.7. The highest BCUT2D eigenvalue weighted by atomic mass is 16.5. The van der Waals surface area contributed by atoms with Crippen molar-refractivity contribution in [3.05, 3.63) is 29.8 Å². The van der Waals surface area contributed by atoms with Crippen molar-refractivity contribution in [2.45, 2.75) is 25.4 Å². The Balaban J connectivity index is 2.60. The van der Waals surface area contributed by atoms with Crippen LogP contribution in [0, 0.1) is 12.3 Å². The zero-order valence-corrected chi connectivity index (χ0v) is 11.9. The number of carboxylic acids is 1. The summed E-state index contributed by atoms with van der Waals surface area (Å²) >= 11 is 0. The standard InChI is InChI=1S/C15H18N2O4/c1-4-5-13(14(18)19)17-15(20)16-10(2)11-6-8-12(21-3)9-7-11/h1,6-10,13H,5H2,2-3H3,(H,18,19)(H2,16,17,20). The van der Waals surface area contributed by atoms with Crippen LogP contribution in [-0.4, -0.2) is 30.3 Å². The monoisotopic (exact) mass is 290 g/mol. The van der Waals surface area contributed by atoms with Gasteiger partial charge in [-0.25, -0.2) is 9.59 Å². The minimum absolute atomic E-state index is 0.0698. The summed E-state index contributed by atoms with van der Waals surface area (Å²) in [5.41, 5.74) is 0.870. The number of terminal acetylenes is 1. The summed E-state index contributed by atoms with van der Waals surface area (Å²) in [6, 6.07) is 5.24. The van der Waals surface area contributed by atoms with Crippen molar-refractivity contribution in [1.29, 1.82) is 0 Å². The average molecular weight is 290 g/mol. The third-order valence-electron chi connectivity index (χ3n) is 2.89. The number of hydrogen-bond donors (Lipinski definition) is 3. The van der Waals surface area contributed by atoms with Crippen molar-refractivity contribution in [2.24, 2.45) is 0 Å². The van der Waals surface area contributed by atoms with Gasteiger partial charge < -0.3 is 20.5 Å². The normalized spacial score (nSPS) is 12.6. The highest BCUT2D eigenvalue weighted by molar-refractivity contribution is 5.82. The lowest BCUT2D eigenvalue weighted by atomic mass is 10.1. The fourth-order valence-electron chi connectivity index (χ4n) is 1.69. The van der Waals surface area contributed by atoms with E-state index in [1.807, 2.05) is 12.1 Å². The number of methoxy groups -OCH3 is 1. The Kier molecular flexibility index (Phi) is 6.08. The number of urea groups is 1. The Morgan fingerprint density at radius 3 is 2.43 bits per heavy atom. The van der Waals surface area contributed by atoms with Crippen molar-refractivity contribution < 1.29 is 19.4 Å². The van der Waals surface area contributed by atoms with Crippen LogP contribution in [0.25, 0.3) is 0 Å². The maximum atomic E-state index is 11.8. The summed E-state index contributed by atoms with van der Waals surface area (Å²) in [5, 5.41) is 13.9.